The zero-order valence-electron chi connectivity index (χ0n) is 17.4. The SMILES string of the molecule is CCNC(=O)NCC1=CC=C(Cc2ccc(OC)c(-c3cccc(Cl)c3)c2F)CN1O. The molecule has 164 valence electrons. The summed E-state index contributed by atoms with van der Waals surface area (Å²) in [5, 5.41) is 17.2. The Balaban J connectivity index is 1.81. The molecule has 1 aliphatic rings. The van der Waals surface area contributed by atoms with E-state index in [4.69, 9.17) is 16.3 Å². The van der Waals surface area contributed by atoms with E-state index in [2.05, 4.69) is 10.6 Å². The smallest absolute Gasteiger partial charge is 0.315 e. The lowest BCUT2D eigenvalue weighted by Gasteiger charge is -2.25. The lowest BCUT2D eigenvalue weighted by atomic mass is 9.96. The number of nitrogens with zero attached hydrogens (tertiary/aromatic N) is 1. The van der Waals surface area contributed by atoms with Crippen molar-refractivity contribution in [3.63, 3.8) is 0 Å². The summed E-state index contributed by atoms with van der Waals surface area (Å²) in [6.45, 7) is 2.73. The summed E-state index contributed by atoms with van der Waals surface area (Å²) in [5.74, 6) is 0.0308. The van der Waals surface area contributed by atoms with Crippen LogP contribution in [0, 0.1) is 5.82 Å². The van der Waals surface area contributed by atoms with E-state index in [-0.39, 0.29) is 24.9 Å². The fourth-order valence-corrected chi connectivity index (χ4v) is 3.56. The van der Waals surface area contributed by atoms with E-state index in [0.29, 0.717) is 46.1 Å². The molecule has 31 heavy (non-hydrogen) atoms. The van der Waals surface area contributed by atoms with Crippen molar-refractivity contribution < 1.29 is 19.1 Å². The first kappa shape index (κ1) is 22.7. The molecular weight excluding hydrogens is 421 g/mol. The molecule has 2 aromatic carbocycles. The number of hydrogen-bond acceptors (Lipinski definition) is 4. The zero-order valence-corrected chi connectivity index (χ0v) is 18.2. The number of benzene rings is 2. The fraction of sp³-hybridized carbons (Fsp3) is 0.261. The monoisotopic (exact) mass is 445 g/mol. The van der Waals surface area contributed by atoms with Crippen LogP contribution in [0.4, 0.5) is 9.18 Å². The van der Waals surface area contributed by atoms with Gasteiger partial charge in [-0.25, -0.2) is 9.18 Å². The quantitative estimate of drug-likeness (QED) is 0.585. The van der Waals surface area contributed by atoms with Gasteiger partial charge in [0.05, 0.1) is 31.5 Å². The molecule has 6 nitrogen and oxygen atoms in total. The third-order valence-corrected chi connectivity index (χ3v) is 5.13. The van der Waals surface area contributed by atoms with Crippen molar-refractivity contribution in [2.45, 2.75) is 13.3 Å². The highest BCUT2D eigenvalue weighted by Crippen LogP contribution is 2.36. The van der Waals surface area contributed by atoms with Gasteiger partial charge in [-0.1, -0.05) is 35.9 Å². The molecule has 3 rings (SSSR count). The van der Waals surface area contributed by atoms with Gasteiger partial charge in [-0.05, 0) is 54.3 Å². The minimum Gasteiger partial charge on any atom is -0.496 e. The van der Waals surface area contributed by atoms with Gasteiger partial charge >= 0.3 is 6.03 Å². The normalized spacial score (nSPS) is 13.4. The van der Waals surface area contributed by atoms with Crippen LogP contribution in [0.3, 0.4) is 0 Å². The molecule has 0 radical (unpaired) electrons. The number of allylic oxidation sites excluding steroid dienone is 2. The second kappa shape index (κ2) is 10.3. The van der Waals surface area contributed by atoms with E-state index in [9.17, 15) is 10.0 Å². The van der Waals surface area contributed by atoms with Crippen molar-refractivity contribution >= 4 is 17.6 Å². The summed E-state index contributed by atoms with van der Waals surface area (Å²) in [7, 11) is 1.50. The first-order valence-corrected chi connectivity index (χ1v) is 10.3. The van der Waals surface area contributed by atoms with E-state index in [1.807, 2.05) is 13.0 Å². The number of carbonyl (C=O) groups excluding carboxylic acids is 1. The van der Waals surface area contributed by atoms with Crippen LogP contribution in [-0.2, 0) is 6.42 Å². The van der Waals surface area contributed by atoms with Crippen molar-refractivity contribution in [1.29, 1.82) is 0 Å². The van der Waals surface area contributed by atoms with Crippen LogP contribution in [-0.4, -0.2) is 43.0 Å². The molecule has 0 bridgehead atoms. The van der Waals surface area contributed by atoms with Crippen molar-refractivity contribution in [2.75, 3.05) is 26.7 Å². The van der Waals surface area contributed by atoms with E-state index >= 15 is 4.39 Å². The van der Waals surface area contributed by atoms with Crippen LogP contribution in [0.2, 0.25) is 5.02 Å². The highest BCUT2D eigenvalue weighted by molar-refractivity contribution is 6.30. The molecule has 3 N–H and O–H groups in total. The number of amides is 2. The predicted molar refractivity (Wildman–Crippen MR) is 119 cm³/mol. The number of nitrogens with one attached hydrogen (secondary N) is 2. The number of halogens is 2. The highest BCUT2D eigenvalue weighted by Gasteiger charge is 2.20. The van der Waals surface area contributed by atoms with Gasteiger partial charge in [0.2, 0.25) is 0 Å². The summed E-state index contributed by atoms with van der Waals surface area (Å²) in [5.41, 5.74) is 2.83. The molecule has 2 aromatic rings. The first-order valence-electron chi connectivity index (χ1n) is 9.91. The van der Waals surface area contributed by atoms with E-state index in [1.54, 1.807) is 42.5 Å². The third kappa shape index (κ3) is 5.57. The summed E-state index contributed by atoms with van der Waals surface area (Å²) in [6.07, 6.45) is 3.86. The Morgan fingerprint density at radius 3 is 2.74 bits per heavy atom. The number of hydrogen-bond donors (Lipinski definition) is 3. The van der Waals surface area contributed by atoms with Gasteiger partial charge in [-0.15, -0.1) is 0 Å². The summed E-state index contributed by atoms with van der Waals surface area (Å²) in [4.78, 5) is 11.5. The lowest BCUT2D eigenvalue weighted by molar-refractivity contribution is -0.0498. The number of urea groups is 1. The molecule has 0 saturated carbocycles. The Morgan fingerprint density at radius 1 is 1.26 bits per heavy atom. The van der Waals surface area contributed by atoms with Gasteiger partial charge < -0.3 is 15.4 Å². The minimum absolute atomic E-state index is 0.182. The van der Waals surface area contributed by atoms with Gasteiger partial charge in [0, 0.05) is 11.6 Å². The molecule has 0 spiro atoms. The molecule has 0 fully saturated rings. The second-order valence-electron chi connectivity index (χ2n) is 7.06. The molecule has 1 aliphatic heterocycles. The molecule has 1 heterocycles. The molecule has 0 atom stereocenters. The highest BCUT2D eigenvalue weighted by atomic mass is 35.5. The number of hydroxylamine groups is 2. The van der Waals surface area contributed by atoms with Gasteiger partial charge in [-0.3, -0.25) is 10.3 Å². The van der Waals surface area contributed by atoms with E-state index in [1.165, 1.54) is 7.11 Å². The predicted octanol–water partition coefficient (Wildman–Crippen LogP) is 4.53. The van der Waals surface area contributed by atoms with Gasteiger partial charge in [0.1, 0.15) is 11.6 Å². The molecule has 0 aromatic heterocycles. The second-order valence-corrected chi connectivity index (χ2v) is 7.49. The number of methoxy groups -OCH3 is 1. The van der Waals surface area contributed by atoms with Gasteiger partial charge in [-0.2, -0.15) is 0 Å². The fourth-order valence-electron chi connectivity index (χ4n) is 3.37. The number of rotatable bonds is 7. The Bertz CT molecular complexity index is 1020. The molecule has 0 unspecified atom stereocenters. The Kier molecular flexibility index (Phi) is 7.55. The maximum atomic E-state index is 15.5. The van der Waals surface area contributed by atoms with Gasteiger partial charge in [0.25, 0.3) is 0 Å². The van der Waals surface area contributed by atoms with E-state index in [0.717, 1.165) is 10.6 Å². The van der Waals surface area contributed by atoms with Crippen LogP contribution in [0.5, 0.6) is 5.75 Å². The average molecular weight is 446 g/mol. The molecule has 8 heteroatoms. The Hall–Kier alpha value is -3.03. The van der Waals surface area contributed by atoms with Crippen molar-refractivity contribution in [3.05, 3.63) is 76.2 Å². The van der Waals surface area contributed by atoms with Crippen LogP contribution >= 0.6 is 11.6 Å². The van der Waals surface area contributed by atoms with Gasteiger partial charge in [0.15, 0.2) is 0 Å². The minimum atomic E-state index is -0.389. The van der Waals surface area contributed by atoms with Crippen LogP contribution in [0.1, 0.15) is 12.5 Å². The van der Waals surface area contributed by atoms with Crippen LogP contribution in [0.15, 0.2) is 59.8 Å². The molecule has 0 aliphatic carbocycles. The number of ether oxygens (including phenoxy) is 1. The standard InChI is InChI=1S/C23H25ClFN3O3/c1-3-26-23(29)27-13-19-9-7-15(14-28(19)30)11-17-8-10-20(31-2)21(22(17)25)16-5-4-6-18(24)12-16/h4-10,12,30H,3,11,13-14H2,1-2H3,(H2,26,27,29). The topological polar surface area (TPSA) is 73.8 Å². The Morgan fingerprint density at radius 2 is 2.06 bits per heavy atom. The molecular formula is C23H25ClFN3O3. The Labute approximate surface area is 185 Å². The van der Waals surface area contributed by atoms with E-state index < -0.39 is 0 Å². The average Bonchev–Trinajstić information content (AvgIpc) is 2.74. The molecule has 0 saturated heterocycles. The van der Waals surface area contributed by atoms with Crippen LogP contribution in [0.25, 0.3) is 11.1 Å². The maximum absolute atomic E-state index is 15.5. The van der Waals surface area contributed by atoms with Crippen LogP contribution < -0.4 is 15.4 Å². The first-order chi connectivity index (χ1) is 14.9. The van der Waals surface area contributed by atoms with Crippen molar-refractivity contribution in [2.24, 2.45) is 0 Å². The molecule has 2 amide bonds. The maximum Gasteiger partial charge on any atom is 0.315 e. The lowest BCUT2D eigenvalue weighted by Crippen LogP contribution is -2.39. The summed E-state index contributed by atoms with van der Waals surface area (Å²) < 4.78 is 20.8. The van der Waals surface area contributed by atoms with Crippen molar-refractivity contribution in [3.8, 4) is 16.9 Å². The third-order valence-electron chi connectivity index (χ3n) is 4.90. The van der Waals surface area contributed by atoms with Crippen molar-refractivity contribution in [1.82, 2.24) is 15.7 Å². The zero-order chi connectivity index (χ0) is 22.4. The number of carbonyl (C=O) groups is 1. The largest absolute Gasteiger partial charge is 0.496 e. The summed E-state index contributed by atoms with van der Waals surface area (Å²) in [6, 6.07) is 10.1. The summed E-state index contributed by atoms with van der Waals surface area (Å²) >= 11 is 6.09.